The molecule has 0 bridgehead atoms. The molecule has 4 heterocycles. The average Bonchev–Trinajstić information content (AvgIpc) is 3.32. The summed E-state index contributed by atoms with van der Waals surface area (Å²) in [7, 11) is -3.62. The summed E-state index contributed by atoms with van der Waals surface area (Å²) >= 11 is 0. The van der Waals surface area contributed by atoms with Crippen molar-refractivity contribution in [1.29, 1.82) is 0 Å². The van der Waals surface area contributed by atoms with E-state index in [2.05, 4.69) is 20.5 Å². The first-order valence-corrected chi connectivity index (χ1v) is 9.92. The molecule has 0 N–H and O–H groups in total. The van der Waals surface area contributed by atoms with Crippen LogP contribution < -0.4 is 4.90 Å². The Bertz CT molecular complexity index is 1000. The van der Waals surface area contributed by atoms with E-state index in [0.29, 0.717) is 49.3 Å². The number of hydrogen-bond donors (Lipinski definition) is 0. The zero-order valence-electron chi connectivity index (χ0n) is 15.0. The van der Waals surface area contributed by atoms with Gasteiger partial charge in [0.2, 0.25) is 10.0 Å². The van der Waals surface area contributed by atoms with Crippen LogP contribution in [0.2, 0.25) is 0 Å². The van der Waals surface area contributed by atoms with Gasteiger partial charge in [-0.1, -0.05) is 5.16 Å². The standard InChI is InChI=1S/C16H19N7O3S/c1-12-16(13(2)26-20-12)27(24,25)22-10-8-21(9-11-22)14-4-5-15(19-18-14)23-7-3-6-17-23/h3-7H,8-11H2,1-2H3. The van der Waals surface area contributed by atoms with E-state index in [9.17, 15) is 8.42 Å². The van der Waals surface area contributed by atoms with Crippen molar-refractivity contribution in [3.8, 4) is 5.82 Å². The minimum atomic E-state index is -3.62. The van der Waals surface area contributed by atoms with Crippen molar-refractivity contribution < 1.29 is 12.9 Å². The van der Waals surface area contributed by atoms with Crippen molar-refractivity contribution in [2.75, 3.05) is 31.1 Å². The molecule has 1 fully saturated rings. The van der Waals surface area contributed by atoms with Crippen molar-refractivity contribution in [1.82, 2.24) is 29.4 Å². The highest BCUT2D eigenvalue weighted by atomic mass is 32.2. The Balaban J connectivity index is 1.46. The van der Waals surface area contributed by atoms with Crippen molar-refractivity contribution in [3.05, 3.63) is 42.0 Å². The first kappa shape index (κ1) is 17.6. The molecule has 0 aromatic carbocycles. The molecule has 0 spiro atoms. The van der Waals surface area contributed by atoms with Gasteiger partial charge in [0.05, 0.1) is 0 Å². The second-order valence-corrected chi connectivity index (χ2v) is 8.12. The van der Waals surface area contributed by atoms with Gasteiger partial charge in [0.1, 0.15) is 10.6 Å². The molecule has 1 aliphatic heterocycles. The minimum Gasteiger partial charge on any atom is -0.360 e. The molecule has 142 valence electrons. The largest absolute Gasteiger partial charge is 0.360 e. The van der Waals surface area contributed by atoms with Gasteiger partial charge < -0.3 is 9.42 Å². The zero-order valence-corrected chi connectivity index (χ0v) is 15.8. The predicted molar refractivity (Wildman–Crippen MR) is 96.1 cm³/mol. The zero-order chi connectivity index (χ0) is 19.0. The van der Waals surface area contributed by atoms with E-state index in [0.717, 1.165) is 0 Å². The average molecular weight is 389 g/mol. The van der Waals surface area contributed by atoms with E-state index >= 15 is 0 Å². The van der Waals surface area contributed by atoms with Crippen LogP contribution in [0.1, 0.15) is 11.5 Å². The molecule has 0 unspecified atom stereocenters. The minimum absolute atomic E-state index is 0.166. The van der Waals surface area contributed by atoms with E-state index in [-0.39, 0.29) is 4.90 Å². The number of aryl methyl sites for hydroxylation is 2. The number of aromatic nitrogens is 5. The van der Waals surface area contributed by atoms with Crippen molar-refractivity contribution >= 4 is 15.8 Å². The fourth-order valence-corrected chi connectivity index (χ4v) is 4.86. The molecule has 3 aromatic rings. The molecule has 3 aromatic heterocycles. The predicted octanol–water partition coefficient (Wildman–Crippen LogP) is 0.778. The maximum atomic E-state index is 12.9. The fourth-order valence-electron chi connectivity index (χ4n) is 3.14. The van der Waals surface area contributed by atoms with E-state index in [1.54, 1.807) is 30.9 Å². The number of piperazine rings is 1. The van der Waals surface area contributed by atoms with Gasteiger partial charge in [0, 0.05) is 38.6 Å². The molecule has 0 amide bonds. The normalized spacial score (nSPS) is 16.0. The highest BCUT2D eigenvalue weighted by Crippen LogP contribution is 2.25. The molecule has 0 atom stereocenters. The number of hydrogen-bond acceptors (Lipinski definition) is 8. The molecule has 0 aliphatic carbocycles. The van der Waals surface area contributed by atoms with Crippen LogP contribution in [0.5, 0.6) is 0 Å². The molecular weight excluding hydrogens is 370 g/mol. The Morgan fingerprint density at radius 2 is 1.74 bits per heavy atom. The third kappa shape index (κ3) is 3.19. The number of rotatable bonds is 4. The van der Waals surface area contributed by atoms with Gasteiger partial charge in [-0.3, -0.25) is 0 Å². The SMILES string of the molecule is Cc1noc(C)c1S(=O)(=O)N1CCN(c2ccc(-n3cccn3)nn2)CC1. The summed E-state index contributed by atoms with van der Waals surface area (Å²) in [5.41, 5.74) is 0.384. The first-order chi connectivity index (χ1) is 13.0. The molecule has 0 saturated carbocycles. The number of sulfonamides is 1. The van der Waals surface area contributed by atoms with Crippen LogP contribution in [0.4, 0.5) is 5.82 Å². The third-order valence-electron chi connectivity index (χ3n) is 4.50. The van der Waals surface area contributed by atoms with Crippen LogP contribution in [0.15, 0.2) is 40.0 Å². The lowest BCUT2D eigenvalue weighted by Gasteiger charge is -2.34. The molecule has 10 nitrogen and oxygen atoms in total. The second-order valence-electron chi connectivity index (χ2n) is 6.24. The van der Waals surface area contributed by atoms with Crippen LogP contribution in [0.25, 0.3) is 5.82 Å². The maximum Gasteiger partial charge on any atom is 0.248 e. The second kappa shape index (κ2) is 6.74. The summed E-state index contributed by atoms with van der Waals surface area (Å²) in [6.07, 6.45) is 3.47. The lowest BCUT2D eigenvalue weighted by Crippen LogP contribution is -2.49. The molecular formula is C16H19N7O3S. The molecule has 11 heteroatoms. The van der Waals surface area contributed by atoms with Gasteiger partial charge in [0.25, 0.3) is 0 Å². The van der Waals surface area contributed by atoms with Crippen LogP contribution in [-0.2, 0) is 10.0 Å². The topological polar surface area (TPSA) is 110 Å². The maximum absolute atomic E-state index is 12.9. The lowest BCUT2D eigenvalue weighted by atomic mass is 10.3. The van der Waals surface area contributed by atoms with Gasteiger partial charge in [-0.25, -0.2) is 13.1 Å². The van der Waals surface area contributed by atoms with Gasteiger partial charge in [-0.15, -0.1) is 10.2 Å². The molecule has 1 aliphatic rings. The lowest BCUT2D eigenvalue weighted by molar-refractivity contribution is 0.377. The Hall–Kier alpha value is -2.79. The monoisotopic (exact) mass is 389 g/mol. The van der Waals surface area contributed by atoms with Crippen molar-refractivity contribution in [2.45, 2.75) is 18.7 Å². The van der Waals surface area contributed by atoms with Crippen molar-refractivity contribution in [3.63, 3.8) is 0 Å². The van der Waals surface area contributed by atoms with E-state index < -0.39 is 10.0 Å². The third-order valence-corrected chi connectivity index (χ3v) is 6.65. The Kier molecular flexibility index (Phi) is 4.40. The van der Waals surface area contributed by atoms with E-state index in [4.69, 9.17) is 4.52 Å². The number of nitrogens with zero attached hydrogens (tertiary/aromatic N) is 7. The van der Waals surface area contributed by atoms with E-state index in [1.807, 2.05) is 23.1 Å². The summed E-state index contributed by atoms with van der Waals surface area (Å²) in [6.45, 7) is 5.01. The Morgan fingerprint density at radius 3 is 2.30 bits per heavy atom. The smallest absolute Gasteiger partial charge is 0.248 e. The van der Waals surface area contributed by atoms with Crippen LogP contribution in [0, 0.1) is 13.8 Å². The molecule has 1 saturated heterocycles. The number of anilines is 1. The fraction of sp³-hybridized carbons (Fsp3) is 0.375. The summed E-state index contributed by atoms with van der Waals surface area (Å²) in [5.74, 6) is 1.65. The Morgan fingerprint density at radius 1 is 1.04 bits per heavy atom. The van der Waals surface area contributed by atoms with Crippen LogP contribution in [-0.4, -0.2) is 64.0 Å². The van der Waals surface area contributed by atoms with Crippen molar-refractivity contribution in [2.24, 2.45) is 0 Å². The molecule has 4 rings (SSSR count). The highest BCUT2D eigenvalue weighted by Gasteiger charge is 2.33. The van der Waals surface area contributed by atoms with Gasteiger partial charge in [-0.05, 0) is 32.0 Å². The molecule has 27 heavy (non-hydrogen) atoms. The van der Waals surface area contributed by atoms with Crippen LogP contribution >= 0.6 is 0 Å². The van der Waals surface area contributed by atoms with Crippen LogP contribution in [0.3, 0.4) is 0 Å². The van der Waals surface area contributed by atoms with Gasteiger partial charge >= 0.3 is 0 Å². The van der Waals surface area contributed by atoms with Gasteiger partial charge in [-0.2, -0.15) is 9.40 Å². The quantitative estimate of drug-likeness (QED) is 0.644. The summed E-state index contributed by atoms with van der Waals surface area (Å²) in [5, 5.41) is 16.3. The first-order valence-electron chi connectivity index (χ1n) is 8.48. The summed E-state index contributed by atoms with van der Waals surface area (Å²) < 4.78 is 33.9. The molecule has 0 radical (unpaired) electrons. The summed E-state index contributed by atoms with van der Waals surface area (Å²) in [4.78, 5) is 2.18. The Labute approximate surface area is 156 Å². The van der Waals surface area contributed by atoms with E-state index in [1.165, 1.54) is 4.31 Å². The van der Waals surface area contributed by atoms with Gasteiger partial charge in [0.15, 0.2) is 17.4 Å². The summed E-state index contributed by atoms with van der Waals surface area (Å²) in [6, 6.07) is 5.51. The highest BCUT2D eigenvalue weighted by molar-refractivity contribution is 7.89.